The normalized spacial score (nSPS) is 12.7. The zero-order valence-corrected chi connectivity index (χ0v) is 18.2. The van der Waals surface area contributed by atoms with Gasteiger partial charge in [0, 0.05) is 17.6 Å². The Bertz CT molecular complexity index is 823. The minimum absolute atomic E-state index is 0.0469. The first-order valence-corrected chi connectivity index (χ1v) is 10.2. The van der Waals surface area contributed by atoms with Crippen molar-refractivity contribution in [3.8, 4) is 5.75 Å². The molecular weight excluding hydrogens is 388 g/mol. The van der Waals surface area contributed by atoms with Crippen molar-refractivity contribution in [3.05, 3.63) is 64.7 Å². The Balaban J connectivity index is 2.15. The predicted octanol–water partition coefficient (Wildman–Crippen LogP) is 4.36. The molecule has 0 aromatic heterocycles. The van der Waals surface area contributed by atoms with Crippen molar-refractivity contribution in [2.75, 3.05) is 6.61 Å². The number of rotatable bonds is 9. The summed E-state index contributed by atoms with van der Waals surface area (Å²) in [5, 5.41) is 3.55. The van der Waals surface area contributed by atoms with E-state index in [0.717, 1.165) is 17.5 Å². The van der Waals surface area contributed by atoms with Gasteiger partial charge < -0.3 is 15.0 Å². The van der Waals surface area contributed by atoms with Gasteiger partial charge in [-0.05, 0) is 62.6 Å². The highest BCUT2D eigenvalue weighted by Gasteiger charge is 2.27. The molecule has 2 aromatic carbocycles. The second kappa shape index (κ2) is 10.9. The number of halogens is 1. The number of carbonyl (C=O) groups excluding carboxylic acids is 2. The fourth-order valence-electron chi connectivity index (χ4n) is 2.78. The zero-order chi connectivity index (χ0) is 21.4. The number of benzene rings is 2. The van der Waals surface area contributed by atoms with Crippen LogP contribution in [0.15, 0.2) is 48.5 Å². The number of nitrogens with zero attached hydrogens (tertiary/aromatic N) is 1. The standard InChI is InChI=1S/C23H29ClN2O3/c1-5-17(3)25-23(28)18(4)26(14-19-9-7-6-8-16(19)2)22(27)15-29-21-12-10-20(24)11-13-21/h6-13,17-18H,5,14-15H2,1-4H3,(H,25,28)/t17-,18-/m1/s1. The molecule has 0 aliphatic carbocycles. The fraction of sp³-hybridized carbons (Fsp3) is 0.391. The maximum absolute atomic E-state index is 13.0. The molecule has 0 unspecified atom stereocenters. The van der Waals surface area contributed by atoms with Crippen LogP contribution in [-0.2, 0) is 16.1 Å². The molecule has 0 heterocycles. The molecule has 0 saturated heterocycles. The van der Waals surface area contributed by atoms with Crippen molar-refractivity contribution in [3.63, 3.8) is 0 Å². The molecule has 0 bridgehead atoms. The number of aryl methyl sites for hydroxylation is 1. The molecular formula is C23H29ClN2O3. The Morgan fingerprint density at radius 3 is 2.38 bits per heavy atom. The van der Waals surface area contributed by atoms with Gasteiger partial charge in [-0.2, -0.15) is 0 Å². The number of amides is 2. The van der Waals surface area contributed by atoms with E-state index in [1.54, 1.807) is 36.1 Å². The third-order valence-electron chi connectivity index (χ3n) is 4.95. The highest BCUT2D eigenvalue weighted by Crippen LogP contribution is 2.17. The smallest absolute Gasteiger partial charge is 0.261 e. The molecule has 2 amide bonds. The molecule has 2 atom stereocenters. The summed E-state index contributed by atoms with van der Waals surface area (Å²) in [6.07, 6.45) is 0.823. The predicted molar refractivity (Wildman–Crippen MR) is 116 cm³/mol. The molecule has 29 heavy (non-hydrogen) atoms. The minimum atomic E-state index is -0.620. The maximum atomic E-state index is 13.0. The summed E-state index contributed by atoms with van der Waals surface area (Å²) in [5.74, 6) is 0.123. The van der Waals surface area contributed by atoms with Gasteiger partial charge >= 0.3 is 0 Å². The monoisotopic (exact) mass is 416 g/mol. The number of hydrogen-bond acceptors (Lipinski definition) is 3. The van der Waals surface area contributed by atoms with E-state index in [4.69, 9.17) is 16.3 Å². The quantitative estimate of drug-likeness (QED) is 0.660. The molecule has 0 radical (unpaired) electrons. The summed E-state index contributed by atoms with van der Waals surface area (Å²) in [7, 11) is 0. The van der Waals surface area contributed by atoms with Gasteiger partial charge in [0.05, 0.1) is 0 Å². The van der Waals surface area contributed by atoms with Crippen LogP contribution in [0.1, 0.15) is 38.3 Å². The highest BCUT2D eigenvalue weighted by molar-refractivity contribution is 6.30. The lowest BCUT2D eigenvalue weighted by molar-refractivity contribution is -0.142. The molecule has 0 saturated carbocycles. The van der Waals surface area contributed by atoms with Crippen molar-refractivity contribution in [2.24, 2.45) is 0 Å². The Morgan fingerprint density at radius 2 is 1.76 bits per heavy atom. The molecule has 1 N–H and O–H groups in total. The molecule has 0 aliphatic rings. The molecule has 2 aromatic rings. The molecule has 0 aliphatic heterocycles. The number of ether oxygens (including phenoxy) is 1. The number of carbonyl (C=O) groups is 2. The van der Waals surface area contributed by atoms with E-state index in [0.29, 0.717) is 17.3 Å². The van der Waals surface area contributed by atoms with Gasteiger partial charge in [0.25, 0.3) is 5.91 Å². The Hall–Kier alpha value is -2.53. The third kappa shape index (κ3) is 6.79. The second-order valence-corrected chi connectivity index (χ2v) is 7.62. The van der Waals surface area contributed by atoms with Gasteiger partial charge in [-0.1, -0.05) is 42.8 Å². The van der Waals surface area contributed by atoms with Gasteiger partial charge in [0.15, 0.2) is 6.61 Å². The highest BCUT2D eigenvalue weighted by atomic mass is 35.5. The van der Waals surface area contributed by atoms with E-state index in [2.05, 4.69) is 5.32 Å². The summed E-state index contributed by atoms with van der Waals surface area (Å²) >= 11 is 5.88. The summed E-state index contributed by atoms with van der Waals surface area (Å²) in [6.45, 7) is 7.87. The van der Waals surface area contributed by atoms with E-state index in [-0.39, 0.29) is 24.5 Å². The summed E-state index contributed by atoms with van der Waals surface area (Å²) in [4.78, 5) is 27.2. The van der Waals surface area contributed by atoms with Crippen LogP contribution in [0.25, 0.3) is 0 Å². The Labute approximate surface area is 178 Å². The van der Waals surface area contributed by atoms with Crippen LogP contribution in [0, 0.1) is 6.92 Å². The maximum Gasteiger partial charge on any atom is 0.261 e. The van der Waals surface area contributed by atoms with Gasteiger partial charge in [-0.25, -0.2) is 0 Å². The van der Waals surface area contributed by atoms with Crippen LogP contribution in [0.2, 0.25) is 5.02 Å². The average Bonchev–Trinajstić information content (AvgIpc) is 2.71. The van der Waals surface area contributed by atoms with Crippen molar-refractivity contribution < 1.29 is 14.3 Å². The number of nitrogens with one attached hydrogen (secondary N) is 1. The minimum Gasteiger partial charge on any atom is -0.484 e. The molecule has 5 nitrogen and oxygen atoms in total. The van der Waals surface area contributed by atoms with Crippen LogP contribution in [0.3, 0.4) is 0 Å². The first kappa shape index (κ1) is 22.8. The van der Waals surface area contributed by atoms with E-state index >= 15 is 0 Å². The van der Waals surface area contributed by atoms with Gasteiger partial charge in [0.1, 0.15) is 11.8 Å². The molecule has 156 valence electrons. The molecule has 2 rings (SSSR count). The third-order valence-corrected chi connectivity index (χ3v) is 5.20. The topological polar surface area (TPSA) is 58.6 Å². The second-order valence-electron chi connectivity index (χ2n) is 7.18. The van der Waals surface area contributed by atoms with Crippen molar-refractivity contribution in [1.29, 1.82) is 0 Å². The lowest BCUT2D eigenvalue weighted by Gasteiger charge is -2.30. The Morgan fingerprint density at radius 1 is 1.10 bits per heavy atom. The summed E-state index contributed by atoms with van der Waals surface area (Å²) in [6, 6.07) is 14.1. The lowest BCUT2D eigenvalue weighted by Crippen LogP contribution is -2.50. The van der Waals surface area contributed by atoms with Crippen molar-refractivity contribution in [1.82, 2.24) is 10.2 Å². The van der Waals surface area contributed by atoms with Gasteiger partial charge in [-0.15, -0.1) is 0 Å². The van der Waals surface area contributed by atoms with E-state index in [9.17, 15) is 9.59 Å². The molecule has 0 fully saturated rings. The fourth-order valence-corrected chi connectivity index (χ4v) is 2.90. The van der Waals surface area contributed by atoms with Crippen LogP contribution < -0.4 is 10.1 Å². The zero-order valence-electron chi connectivity index (χ0n) is 17.4. The van der Waals surface area contributed by atoms with Crippen LogP contribution >= 0.6 is 11.6 Å². The number of hydrogen-bond donors (Lipinski definition) is 1. The van der Waals surface area contributed by atoms with Crippen molar-refractivity contribution >= 4 is 23.4 Å². The SMILES string of the molecule is CC[C@@H](C)NC(=O)[C@@H](C)N(Cc1ccccc1C)C(=O)COc1ccc(Cl)cc1. The Kier molecular flexibility index (Phi) is 8.52. The average molecular weight is 417 g/mol. The lowest BCUT2D eigenvalue weighted by atomic mass is 10.1. The van der Waals surface area contributed by atoms with E-state index < -0.39 is 6.04 Å². The first-order valence-electron chi connectivity index (χ1n) is 9.84. The van der Waals surface area contributed by atoms with E-state index in [1.807, 2.05) is 45.0 Å². The van der Waals surface area contributed by atoms with Crippen molar-refractivity contribution in [2.45, 2.75) is 52.7 Å². The first-order chi connectivity index (χ1) is 13.8. The van der Waals surface area contributed by atoms with Crippen LogP contribution in [-0.4, -0.2) is 35.4 Å². The molecule has 6 heteroatoms. The van der Waals surface area contributed by atoms with E-state index in [1.165, 1.54) is 0 Å². The van der Waals surface area contributed by atoms with Crippen LogP contribution in [0.5, 0.6) is 5.75 Å². The summed E-state index contributed by atoms with van der Waals surface area (Å²) in [5.41, 5.74) is 2.06. The van der Waals surface area contributed by atoms with Gasteiger partial charge in [-0.3, -0.25) is 9.59 Å². The van der Waals surface area contributed by atoms with Gasteiger partial charge in [0.2, 0.25) is 5.91 Å². The largest absolute Gasteiger partial charge is 0.484 e. The molecule has 0 spiro atoms. The van der Waals surface area contributed by atoms with Crippen LogP contribution in [0.4, 0.5) is 0 Å². The summed E-state index contributed by atoms with van der Waals surface area (Å²) < 4.78 is 5.62.